The minimum absolute atomic E-state index is 0.0168. The van der Waals surface area contributed by atoms with Crippen LogP contribution in [0.2, 0.25) is 0 Å². The summed E-state index contributed by atoms with van der Waals surface area (Å²) in [4.78, 5) is 34.6. The smallest absolute Gasteiger partial charge is 0.254 e. The van der Waals surface area contributed by atoms with Crippen molar-refractivity contribution in [2.24, 2.45) is 0 Å². The van der Waals surface area contributed by atoms with E-state index >= 15 is 0 Å². The van der Waals surface area contributed by atoms with E-state index in [9.17, 15) is 4.79 Å². The Hall–Kier alpha value is -5.30. The van der Waals surface area contributed by atoms with Crippen molar-refractivity contribution in [2.75, 3.05) is 58.7 Å². The van der Waals surface area contributed by atoms with Gasteiger partial charge in [0.15, 0.2) is 5.82 Å². The summed E-state index contributed by atoms with van der Waals surface area (Å²) < 4.78 is 6.16. The first-order valence-electron chi connectivity index (χ1n) is 16.9. The third-order valence-corrected chi connectivity index (χ3v) is 9.34. The van der Waals surface area contributed by atoms with Crippen LogP contribution in [0, 0.1) is 18.8 Å². The summed E-state index contributed by atoms with van der Waals surface area (Å²) in [6, 6.07) is 23.8. The number of rotatable bonds is 7. The van der Waals surface area contributed by atoms with Crippen LogP contribution in [0.1, 0.15) is 38.3 Å². The molecule has 0 spiro atoms. The van der Waals surface area contributed by atoms with Gasteiger partial charge in [-0.1, -0.05) is 42.2 Å². The van der Waals surface area contributed by atoms with Crippen molar-refractivity contribution in [3.8, 4) is 29.0 Å². The number of benzene rings is 3. The van der Waals surface area contributed by atoms with Gasteiger partial charge in [0.1, 0.15) is 18.2 Å². The van der Waals surface area contributed by atoms with Crippen molar-refractivity contribution < 1.29 is 9.53 Å². The quantitative estimate of drug-likeness (QED) is 0.234. The number of nitrogens with one attached hydrogen (secondary N) is 1. The Morgan fingerprint density at radius 1 is 0.959 bits per heavy atom. The van der Waals surface area contributed by atoms with Gasteiger partial charge in [-0.25, -0.2) is 9.97 Å². The summed E-state index contributed by atoms with van der Waals surface area (Å²) in [5.74, 6) is 8.84. The second kappa shape index (κ2) is 14.4. The summed E-state index contributed by atoms with van der Waals surface area (Å²) in [7, 11) is 4.04. The maximum absolute atomic E-state index is 13.6. The molecule has 0 atom stereocenters. The molecule has 0 bridgehead atoms. The van der Waals surface area contributed by atoms with Gasteiger partial charge in [-0.3, -0.25) is 14.7 Å². The van der Waals surface area contributed by atoms with Crippen molar-refractivity contribution in [1.29, 1.82) is 0 Å². The van der Waals surface area contributed by atoms with Gasteiger partial charge in [0.2, 0.25) is 0 Å². The molecule has 7 rings (SSSR count). The Kier molecular flexibility index (Phi) is 9.51. The third-order valence-electron chi connectivity index (χ3n) is 9.34. The number of carbonyl (C=O) groups is 1. The summed E-state index contributed by atoms with van der Waals surface area (Å²) in [6.45, 7) is 8.60. The number of hydrogen-bond donors (Lipinski definition) is 1. The van der Waals surface area contributed by atoms with Crippen LogP contribution in [0.4, 0.5) is 5.82 Å². The highest BCUT2D eigenvalue weighted by molar-refractivity contribution is 5.94. The molecular weight excluding hydrogens is 610 g/mol. The van der Waals surface area contributed by atoms with Gasteiger partial charge in [0, 0.05) is 73.6 Å². The highest BCUT2D eigenvalue weighted by Gasteiger charge is 2.26. The Balaban J connectivity index is 0.973. The van der Waals surface area contributed by atoms with Crippen LogP contribution in [0.5, 0.6) is 5.75 Å². The summed E-state index contributed by atoms with van der Waals surface area (Å²) in [6.07, 6.45) is 2.49. The zero-order valence-corrected chi connectivity index (χ0v) is 28.4. The number of pyridine rings is 1. The molecule has 4 heterocycles. The molecule has 9 nitrogen and oxygen atoms in total. The van der Waals surface area contributed by atoms with Crippen LogP contribution in [-0.2, 0) is 19.6 Å². The van der Waals surface area contributed by atoms with Gasteiger partial charge in [0.25, 0.3) is 5.91 Å². The Morgan fingerprint density at radius 3 is 2.57 bits per heavy atom. The fourth-order valence-electron chi connectivity index (χ4n) is 6.37. The molecule has 1 saturated heterocycles. The van der Waals surface area contributed by atoms with Crippen LogP contribution < -0.4 is 10.1 Å². The highest BCUT2D eigenvalue weighted by Crippen LogP contribution is 2.29. The van der Waals surface area contributed by atoms with E-state index in [0.717, 1.165) is 88.7 Å². The molecule has 9 heteroatoms. The Labute approximate surface area is 288 Å². The lowest BCUT2D eigenvalue weighted by molar-refractivity contribution is 0.0732. The minimum atomic E-state index is -0.0168. The van der Waals surface area contributed by atoms with Gasteiger partial charge in [-0.15, -0.1) is 0 Å². The van der Waals surface area contributed by atoms with Crippen LogP contribution in [-0.4, -0.2) is 88.9 Å². The number of nitrogens with zero attached hydrogens (tertiary/aromatic N) is 6. The Morgan fingerprint density at radius 2 is 1.78 bits per heavy atom. The second-order valence-electron chi connectivity index (χ2n) is 12.8. The zero-order chi connectivity index (χ0) is 33.7. The van der Waals surface area contributed by atoms with Gasteiger partial charge in [0.05, 0.1) is 24.3 Å². The topological polar surface area (TPSA) is 86.7 Å². The van der Waals surface area contributed by atoms with E-state index in [-0.39, 0.29) is 5.91 Å². The van der Waals surface area contributed by atoms with E-state index in [2.05, 4.69) is 51.1 Å². The van der Waals surface area contributed by atoms with Crippen molar-refractivity contribution in [3.05, 3.63) is 113 Å². The van der Waals surface area contributed by atoms with Crippen molar-refractivity contribution in [2.45, 2.75) is 26.5 Å². The van der Waals surface area contributed by atoms with Gasteiger partial charge in [-0.2, -0.15) is 0 Å². The number of carbonyl (C=O) groups excluding carboxylic acids is 1. The zero-order valence-electron chi connectivity index (χ0n) is 28.4. The van der Waals surface area contributed by atoms with Crippen LogP contribution >= 0.6 is 0 Å². The van der Waals surface area contributed by atoms with Gasteiger partial charge < -0.3 is 19.9 Å². The molecular formula is C40H41N7O2. The first kappa shape index (κ1) is 32.3. The van der Waals surface area contributed by atoms with E-state index in [1.165, 1.54) is 0 Å². The number of para-hydroxylation sites is 1. The standard InChI is InChI=1S/C40H41N7O2/c1-28-23-29(7-6-17-46-21-19-45(3)20-22-46)12-15-37(28)49-27-30-10-13-31(14-11-30)40(48)47-18-16-34-36(26-47)43-38(44-39(34)41-2)33-24-32-8-4-5-9-35(32)42-25-33/h4-5,8-15,23-25H,16-22,26-27H2,1-3H3,(H,41,43,44). The maximum atomic E-state index is 13.6. The molecule has 0 saturated carbocycles. The maximum Gasteiger partial charge on any atom is 0.254 e. The molecule has 1 N–H and O–H groups in total. The normalized spacial score (nSPS) is 15.0. The van der Waals surface area contributed by atoms with Crippen molar-refractivity contribution in [1.82, 2.24) is 29.7 Å². The first-order chi connectivity index (χ1) is 23.9. The third kappa shape index (κ3) is 7.41. The van der Waals surface area contributed by atoms with E-state index < -0.39 is 0 Å². The van der Waals surface area contributed by atoms with Crippen LogP contribution in [0.3, 0.4) is 0 Å². The molecule has 1 fully saturated rings. The number of anilines is 1. The molecule has 1 amide bonds. The van der Waals surface area contributed by atoms with Crippen molar-refractivity contribution in [3.63, 3.8) is 0 Å². The van der Waals surface area contributed by atoms with E-state index in [1.54, 1.807) is 0 Å². The lowest BCUT2D eigenvalue weighted by Gasteiger charge is -2.30. The number of amides is 1. The van der Waals surface area contributed by atoms with E-state index in [4.69, 9.17) is 14.7 Å². The molecule has 0 radical (unpaired) electrons. The fraction of sp³-hybridized carbons (Fsp3) is 0.300. The number of fused-ring (bicyclic) bond motifs is 2. The monoisotopic (exact) mass is 651 g/mol. The van der Waals surface area contributed by atoms with Crippen molar-refractivity contribution >= 4 is 22.6 Å². The SMILES string of the molecule is CNc1nc(-c2cnc3ccccc3c2)nc2c1CCN(C(=O)c1ccc(COc3ccc(C#CCN4CCN(C)CC4)cc3C)cc1)C2. The number of aromatic nitrogens is 3. The summed E-state index contributed by atoms with van der Waals surface area (Å²) >= 11 is 0. The number of aryl methyl sites for hydroxylation is 1. The average molecular weight is 652 g/mol. The fourth-order valence-corrected chi connectivity index (χ4v) is 6.37. The molecule has 5 aromatic rings. The lowest BCUT2D eigenvalue weighted by Crippen LogP contribution is -2.44. The predicted octanol–water partition coefficient (Wildman–Crippen LogP) is 5.42. The largest absolute Gasteiger partial charge is 0.489 e. The molecule has 248 valence electrons. The minimum Gasteiger partial charge on any atom is -0.489 e. The highest BCUT2D eigenvalue weighted by atomic mass is 16.5. The first-order valence-corrected chi connectivity index (χ1v) is 16.9. The van der Waals surface area contributed by atoms with Gasteiger partial charge >= 0.3 is 0 Å². The molecule has 3 aromatic carbocycles. The van der Waals surface area contributed by atoms with Crippen LogP contribution in [0.15, 0.2) is 79.0 Å². The van der Waals surface area contributed by atoms with Gasteiger partial charge in [-0.05, 0) is 74.0 Å². The van der Waals surface area contributed by atoms with Crippen LogP contribution in [0.25, 0.3) is 22.3 Å². The molecule has 2 aromatic heterocycles. The summed E-state index contributed by atoms with van der Waals surface area (Å²) in [5.41, 5.74) is 7.37. The average Bonchev–Trinajstić information content (AvgIpc) is 3.14. The molecule has 2 aliphatic heterocycles. The predicted molar refractivity (Wildman–Crippen MR) is 194 cm³/mol. The molecule has 0 aliphatic carbocycles. The Bertz CT molecular complexity index is 2040. The number of likely N-dealkylation sites (N-methyl/N-ethyl adjacent to an activating group) is 1. The summed E-state index contributed by atoms with van der Waals surface area (Å²) in [5, 5.41) is 4.27. The molecule has 2 aliphatic rings. The molecule has 0 unspecified atom stereocenters. The van der Waals surface area contributed by atoms with E-state index in [0.29, 0.717) is 37.5 Å². The van der Waals surface area contributed by atoms with E-state index in [1.807, 2.05) is 85.7 Å². The number of piperazine rings is 1. The lowest BCUT2D eigenvalue weighted by atomic mass is 10.0. The number of hydrogen-bond acceptors (Lipinski definition) is 8. The molecule has 49 heavy (non-hydrogen) atoms. The second-order valence-corrected chi connectivity index (χ2v) is 12.8. The number of ether oxygens (including phenoxy) is 1.